The fraction of sp³-hybridized carbons (Fsp3) is 0.419. The summed E-state index contributed by atoms with van der Waals surface area (Å²) in [5.74, 6) is 0.329. The van der Waals surface area contributed by atoms with Gasteiger partial charge in [-0.1, -0.05) is 24.3 Å². The molecule has 1 amide bonds. The first kappa shape index (κ1) is 26.8. The predicted octanol–water partition coefficient (Wildman–Crippen LogP) is 5.26. The van der Waals surface area contributed by atoms with Crippen LogP contribution in [0.25, 0.3) is 0 Å². The van der Waals surface area contributed by atoms with Crippen LogP contribution < -0.4 is 0 Å². The van der Waals surface area contributed by atoms with Crippen LogP contribution in [-0.2, 0) is 6.54 Å². The van der Waals surface area contributed by atoms with Gasteiger partial charge in [0.2, 0.25) is 0 Å². The highest BCUT2D eigenvalue weighted by atomic mass is 16.3. The second kappa shape index (κ2) is 11.9. The second-order valence-corrected chi connectivity index (χ2v) is 10.2. The van der Waals surface area contributed by atoms with E-state index >= 15 is 0 Å². The number of hydrogen-bond acceptors (Lipinski definition) is 5. The summed E-state index contributed by atoms with van der Waals surface area (Å²) < 4.78 is 0. The van der Waals surface area contributed by atoms with Gasteiger partial charge in [0.15, 0.2) is 0 Å². The van der Waals surface area contributed by atoms with Crippen molar-refractivity contribution < 1.29 is 9.90 Å². The highest BCUT2D eigenvalue weighted by Gasteiger charge is 2.36. The molecule has 37 heavy (non-hydrogen) atoms. The molecule has 2 heterocycles. The van der Waals surface area contributed by atoms with Crippen LogP contribution in [0.4, 0.5) is 0 Å². The summed E-state index contributed by atoms with van der Waals surface area (Å²) in [4.78, 5) is 24.5. The number of nitrogens with zero attached hydrogens (tertiary/aromatic N) is 4. The summed E-state index contributed by atoms with van der Waals surface area (Å²) in [6, 6.07) is 18.4. The number of aromatic nitrogens is 1. The molecule has 6 heteroatoms. The number of phenols is 1. The van der Waals surface area contributed by atoms with Crippen molar-refractivity contribution in [2.45, 2.75) is 59.3 Å². The third kappa shape index (κ3) is 5.86. The van der Waals surface area contributed by atoms with Crippen molar-refractivity contribution in [3.05, 3.63) is 94.8 Å². The molecule has 0 spiro atoms. The Balaban J connectivity index is 1.71. The average Bonchev–Trinajstić information content (AvgIpc) is 2.89. The topological polar surface area (TPSA) is 59.9 Å². The first-order valence-corrected chi connectivity index (χ1v) is 13.4. The first-order chi connectivity index (χ1) is 17.8. The van der Waals surface area contributed by atoms with E-state index < -0.39 is 0 Å². The third-order valence-corrected chi connectivity index (χ3v) is 7.77. The molecule has 3 atom stereocenters. The SMILES string of the molecule is CCN(CC)C(=O)c1cccc([C@@H](c2cccc(O)c2)N2C[C@@H](C)N(Cc3ccncc3)C[C@@H]2C)c1C. The Morgan fingerprint density at radius 2 is 1.73 bits per heavy atom. The van der Waals surface area contributed by atoms with E-state index in [0.717, 1.165) is 41.9 Å². The molecule has 1 fully saturated rings. The minimum Gasteiger partial charge on any atom is -0.508 e. The smallest absolute Gasteiger partial charge is 0.254 e. The summed E-state index contributed by atoms with van der Waals surface area (Å²) in [6.45, 7) is 14.7. The number of rotatable bonds is 8. The van der Waals surface area contributed by atoms with Crippen molar-refractivity contribution in [2.75, 3.05) is 26.2 Å². The molecule has 6 nitrogen and oxygen atoms in total. The highest BCUT2D eigenvalue weighted by Crippen LogP contribution is 2.37. The Morgan fingerprint density at radius 1 is 1.03 bits per heavy atom. The zero-order chi connectivity index (χ0) is 26.5. The molecule has 0 bridgehead atoms. The Hall–Kier alpha value is -3.22. The fourth-order valence-electron chi connectivity index (χ4n) is 5.63. The maximum Gasteiger partial charge on any atom is 0.254 e. The maximum atomic E-state index is 13.4. The monoisotopic (exact) mass is 500 g/mol. The molecule has 0 unspecified atom stereocenters. The molecule has 196 valence electrons. The standard InChI is InChI=1S/C31H40N4O2/c1-6-33(7-2)31(37)29-13-9-12-28(24(29)5)30(26-10-8-11-27(36)18-26)35-20-22(3)34(19-23(35)4)21-25-14-16-32-17-15-25/h8-18,22-23,30,36H,6-7,19-21H2,1-5H3/t22-,23+,30-/m1/s1. The Morgan fingerprint density at radius 3 is 2.41 bits per heavy atom. The van der Waals surface area contributed by atoms with Crippen LogP contribution in [0.3, 0.4) is 0 Å². The van der Waals surface area contributed by atoms with Crippen LogP contribution in [0, 0.1) is 6.92 Å². The number of hydrogen-bond donors (Lipinski definition) is 1. The maximum absolute atomic E-state index is 13.4. The molecule has 4 rings (SSSR count). The van der Waals surface area contributed by atoms with Gasteiger partial charge in [-0.25, -0.2) is 0 Å². The van der Waals surface area contributed by atoms with Crippen molar-refractivity contribution in [2.24, 2.45) is 0 Å². The highest BCUT2D eigenvalue weighted by molar-refractivity contribution is 5.96. The van der Waals surface area contributed by atoms with E-state index in [4.69, 9.17) is 0 Å². The molecule has 1 aromatic heterocycles. The number of amides is 1. The van der Waals surface area contributed by atoms with Crippen LogP contribution in [-0.4, -0.2) is 69.0 Å². The molecule has 1 saturated heterocycles. The lowest BCUT2D eigenvalue weighted by molar-refractivity contribution is 0.0193. The number of benzene rings is 2. The minimum absolute atomic E-state index is 0.0718. The van der Waals surface area contributed by atoms with E-state index in [2.05, 4.69) is 59.8 Å². The van der Waals surface area contributed by atoms with Crippen LogP contribution in [0.5, 0.6) is 5.75 Å². The summed E-state index contributed by atoms with van der Waals surface area (Å²) in [6.07, 6.45) is 3.71. The molecule has 0 saturated carbocycles. The minimum atomic E-state index is -0.0721. The number of phenolic OH excluding ortho intramolecular Hbond substituents is 1. The fourth-order valence-corrected chi connectivity index (χ4v) is 5.63. The number of piperazine rings is 1. The Labute approximate surface area is 221 Å². The van der Waals surface area contributed by atoms with Gasteiger partial charge in [-0.3, -0.25) is 19.6 Å². The van der Waals surface area contributed by atoms with Gasteiger partial charge in [0, 0.05) is 62.8 Å². The van der Waals surface area contributed by atoms with Gasteiger partial charge in [0.1, 0.15) is 5.75 Å². The number of aromatic hydroxyl groups is 1. The summed E-state index contributed by atoms with van der Waals surface area (Å²) in [7, 11) is 0. The van der Waals surface area contributed by atoms with Gasteiger partial charge in [-0.15, -0.1) is 0 Å². The zero-order valence-corrected chi connectivity index (χ0v) is 22.8. The molecule has 3 aromatic rings. The average molecular weight is 501 g/mol. The van der Waals surface area contributed by atoms with E-state index in [1.807, 2.05) is 55.4 Å². The molecule has 0 aliphatic carbocycles. The van der Waals surface area contributed by atoms with Gasteiger partial charge in [-0.2, -0.15) is 0 Å². The van der Waals surface area contributed by atoms with E-state index in [1.54, 1.807) is 6.07 Å². The Bertz CT molecular complexity index is 1190. The lowest BCUT2D eigenvalue weighted by Gasteiger charge is -2.48. The molecule has 1 N–H and O–H groups in total. The number of pyridine rings is 1. The van der Waals surface area contributed by atoms with E-state index in [-0.39, 0.29) is 23.7 Å². The van der Waals surface area contributed by atoms with Crippen LogP contribution in [0.15, 0.2) is 67.0 Å². The van der Waals surface area contributed by atoms with Gasteiger partial charge < -0.3 is 10.0 Å². The van der Waals surface area contributed by atoms with Crippen molar-refractivity contribution in [3.63, 3.8) is 0 Å². The molecular weight excluding hydrogens is 460 g/mol. The lowest BCUT2D eigenvalue weighted by Crippen LogP contribution is -2.56. The molecular formula is C31H40N4O2. The first-order valence-electron chi connectivity index (χ1n) is 13.4. The van der Waals surface area contributed by atoms with E-state index in [0.29, 0.717) is 19.1 Å². The molecule has 0 radical (unpaired) electrons. The van der Waals surface area contributed by atoms with E-state index in [9.17, 15) is 9.90 Å². The largest absolute Gasteiger partial charge is 0.508 e. The van der Waals surface area contributed by atoms with Gasteiger partial charge in [0.25, 0.3) is 5.91 Å². The normalized spacial score (nSPS) is 19.5. The second-order valence-electron chi connectivity index (χ2n) is 10.2. The molecule has 1 aliphatic rings. The summed E-state index contributed by atoms with van der Waals surface area (Å²) in [5.41, 5.74) is 5.18. The zero-order valence-electron chi connectivity index (χ0n) is 22.8. The number of carbonyl (C=O) groups is 1. The Kier molecular flexibility index (Phi) is 8.62. The van der Waals surface area contributed by atoms with Crippen LogP contribution in [0.1, 0.15) is 66.3 Å². The van der Waals surface area contributed by atoms with Gasteiger partial charge in [0.05, 0.1) is 6.04 Å². The third-order valence-electron chi connectivity index (χ3n) is 7.77. The van der Waals surface area contributed by atoms with E-state index in [1.165, 1.54) is 5.56 Å². The lowest BCUT2D eigenvalue weighted by atomic mass is 9.88. The molecule has 1 aliphatic heterocycles. The number of carbonyl (C=O) groups excluding carboxylic acids is 1. The molecule has 2 aromatic carbocycles. The van der Waals surface area contributed by atoms with Crippen molar-refractivity contribution in [1.82, 2.24) is 19.7 Å². The summed E-state index contributed by atoms with van der Waals surface area (Å²) >= 11 is 0. The van der Waals surface area contributed by atoms with Crippen molar-refractivity contribution in [1.29, 1.82) is 0 Å². The quantitative estimate of drug-likeness (QED) is 0.457. The van der Waals surface area contributed by atoms with Crippen molar-refractivity contribution >= 4 is 5.91 Å². The van der Waals surface area contributed by atoms with Crippen molar-refractivity contribution in [3.8, 4) is 5.75 Å². The van der Waals surface area contributed by atoms with Crippen LogP contribution in [0.2, 0.25) is 0 Å². The predicted molar refractivity (Wildman–Crippen MR) is 149 cm³/mol. The van der Waals surface area contributed by atoms with Gasteiger partial charge >= 0.3 is 0 Å². The summed E-state index contributed by atoms with van der Waals surface area (Å²) in [5, 5.41) is 10.4. The van der Waals surface area contributed by atoms with Gasteiger partial charge in [-0.05, 0) is 87.2 Å². The van der Waals surface area contributed by atoms with Crippen LogP contribution >= 0.6 is 0 Å².